The van der Waals surface area contributed by atoms with Gasteiger partial charge in [0, 0.05) is 11.5 Å². The zero-order valence-electron chi connectivity index (χ0n) is 15.0. The van der Waals surface area contributed by atoms with Crippen LogP contribution in [0.3, 0.4) is 0 Å². The van der Waals surface area contributed by atoms with Gasteiger partial charge in [-0.25, -0.2) is 0 Å². The van der Waals surface area contributed by atoms with E-state index in [-0.39, 0.29) is 28.6 Å². The molecule has 2 saturated carbocycles. The number of aliphatic hydroxyl groups is 2. The van der Waals surface area contributed by atoms with Gasteiger partial charge in [-0.1, -0.05) is 26.8 Å². The van der Waals surface area contributed by atoms with E-state index >= 15 is 0 Å². The molecule has 0 aromatic carbocycles. The number of fused-ring (bicyclic) bond motifs is 4. The molecule has 0 spiro atoms. The second kappa shape index (κ2) is 4.10. The number of Topliss-reactive ketones (excluding diaryl/α,β-unsaturated/α-hetero) is 2. The van der Waals surface area contributed by atoms with Crippen molar-refractivity contribution in [1.82, 2.24) is 0 Å². The molecular weight excluding hydrogens is 304 g/mol. The summed E-state index contributed by atoms with van der Waals surface area (Å²) in [5, 5.41) is 22.4. The molecule has 2 fully saturated rings. The van der Waals surface area contributed by atoms with Gasteiger partial charge in [-0.3, -0.25) is 9.59 Å². The van der Waals surface area contributed by atoms with E-state index in [1.54, 1.807) is 6.92 Å². The van der Waals surface area contributed by atoms with E-state index in [2.05, 4.69) is 13.8 Å². The predicted molar refractivity (Wildman–Crippen MR) is 89.0 cm³/mol. The third kappa shape index (κ3) is 1.62. The van der Waals surface area contributed by atoms with Crippen LogP contribution in [-0.4, -0.2) is 33.0 Å². The Morgan fingerprint density at radius 2 is 1.71 bits per heavy atom. The highest BCUT2D eigenvalue weighted by molar-refractivity contribution is 6.20. The van der Waals surface area contributed by atoms with Crippen LogP contribution >= 0.6 is 0 Å². The highest BCUT2D eigenvalue weighted by Crippen LogP contribution is 2.73. The lowest BCUT2D eigenvalue weighted by Crippen LogP contribution is -2.57. The summed E-state index contributed by atoms with van der Waals surface area (Å²) < 4.78 is 0. The number of allylic oxidation sites excluding steroid dienone is 2. The first-order valence-electron chi connectivity index (χ1n) is 8.84. The number of carbonyl (C=O) groups is 2. The summed E-state index contributed by atoms with van der Waals surface area (Å²) in [5.41, 5.74) is -3.52. The van der Waals surface area contributed by atoms with E-state index in [1.165, 1.54) is 13.0 Å². The largest absolute Gasteiger partial charge is 0.382 e. The normalized spacial score (nSPS) is 51.9. The van der Waals surface area contributed by atoms with Crippen LogP contribution in [0.5, 0.6) is 0 Å². The Hall–Kier alpha value is -1.26. The first kappa shape index (κ1) is 16.2. The van der Waals surface area contributed by atoms with Crippen molar-refractivity contribution in [2.75, 3.05) is 0 Å². The molecule has 1 unspecified atom stereocenters. The molecule has 0 aliphatic heterocycles. The van der Waals surface area contributed by atoms with Gasteiger partial charge in [-0.2, -0.15) is 0 Å². The number of hydrogen-bond acceptors (Lipinski definition) is 4. The topological polar surface area (TPSA) is 74.6 Å². The van der Waals surface area contributed by atoms with Gasteiger partial charge in [0.05, 0.1) is 0 Å². The Balaban J connectivity index is 1.95. The Bertz CT molecular complexity index is 741. The van der Waals surface area contributed by atoms with Crippen LogP contribution in [0, 0.1) is 28.6 Å². The zero-order chi connectivity index (χ0) is 17.9. The number of ketones is 2. The lowest BCUT2D eigenvalue weighted by atomic mass is 9.60. The molecule has 4 aliphatic rings. The average Bonchev–Trinajstić information content (AvgIpc) is 2.95. The zero-order valence-corrected chi connectivity index (χ0v) is 15.0. The van der Waals surface area contributed by atoms with E-state index in [9.17, 15) is 19.8 Å². The maximum absolute atomic E-state index is 13.2. The minimum atomic E-state index is -1.99. The maximum atomic E-state index is 13.2. The highest BCUT2D eigenvalue weighted by Gasteiger charge is 2.73. The van der Waals surface area contributed by atoms with Crippen molar-refractivity contribution < 1.29 is 19.8 Å². The number of carbonyl (C=O) groups excluding carboxylic acids is 2. The molecule has 24 heavy (non-hydrogen) atoms. The standard InChI is InChI=1S/C20H26O4/c1-10-8-20(24)12(14(10)21)9-18(4)7-6-11-13(17(11,2)3)15(18)19(5,23)16(20)22/h8-9,11,13,15,23-24H,6-7H2,1-5H3/t11-,13-,15+,18-,19+,20?/m0/s1. The van der Waals surface area contributed by atoms with E-state index in [4.69, 9.17) is 0 Å². The summed E-state index contributed by atoms with van der Waals surface area (Å²) in [4.78, 5) is 25.8. The first-order chi connectivity index (χ1) is 10.9. The minimum absolute atomic E-state index is 0.0863. The number of rotatable bonds is 0. The molecule has 130 valence electrons. The summed E-state index contributed by atoms with van der Waals surface area (Å²) in [6.45, 7) is 9.56. The van der Waals surface area contributed by atoms with Crippen LogP contribution in [0.4, 0.5) is 0 Å². The van der Waals surface area contributed by atoms with E-state index in [1.807, 2.05) is 13.0 Å². The molecule has 6 atom stereocenters. The van der Waals surface area contributed by atoms with Crippen molar-refractivity contribution >= 4 is 11.6 Å². The van der Waals surface area contributed by atoms with Crippen molar-refractivity contribution in [2.45, 2.75) is 58.7 Å². The molecule has 0 amide bonds. The van der Waals surface area contributed by atoms with Crippen LogP contribution in [0.15, 0.2) is 23.3 Å². The first-order valence-corrected chi connectivity index (χ1v) is 8.84. The van der Waals surface area contributed by atoms with Gasteiger partial charge in [0.25, 0.3) is 0 Å². The van der Waals surface area contributed by atoms with Crippen molar-refractivity contribution in [3.63, 3.8) is 0 Å². The van der Waals surface area contributed by atoms with Crippen LogP contribution in [-0.2, 0) is 9.59 Å². The van der Waals surface area contributed by atoms with Crippen LogP contribution < -0.4 is 0 Å². The quantitative estimate of drug-likeness (QED) is 0.714. The van der Waals surface area contributed by atoms with Gasteiger partial charge in [0.2, 0.25) is 5.78 Å². The SMILES string of the molecule is CC1=CC2(O)C(=O)[C@](C)(O)[C@@H]3[C@@H]4[C@H](CC[C@@]3(C)C=C2C1=O)C4(C)C. The van der Waals surface area contributed by atoms with Gasteiger partial charge in [-0.05, 0) is 61.0 Å². The summed E-state index contributed by atoms with van der Waals surface area (Å²) in [5.74, 6) is -0.484. The molecule has 4 nitrogen and oxygen atoms in total. The summed E-state index contributed by atoms with van der Waals surface area (Å²) in [7, 11) is 0. The van der Waals surface area contributed by atoms with Crippen molar-refractivity contribution in [3.8, 4) is 0 Å². The third-order valence-electron chi connectivity index (χ3n) is 7.53. The van der Waals surface area contributed by atoms with Crippen LogP contribution in [0.25, 0.3) is 0 Å². The third-order valence-corrected chi connectivity index (χ3v) is 7.53. The van der Waals surface area contributed by atoms with Crippen LogP contribution in [0.1, 0.15) is 47.5 Å². The molecule has 4 rings (SSSR count). The summed E-state index contributed by atoms with van der Waals surface area (Å²) in [6, 6.07) is 0. The fourth-order valence-electron chi connectivity index (χ4n) is 6.25. The van der Waals surface area contributed by atoms with E-state index in [0.717, 1.165) is 12.8 Å². The Morgan fingerprint density at radius 1 is 1.08 bits per heavy atom. The molecule has 4 heteroatoms. The average molecular weight is 330 g/mol. The molecule has 0 heterocycles. The molecule has 0 aromatic heterocycles. The Kier molecular flexibility index (Phi) is 2.77. The van der Waals surface area contributed by atoms with Crippen molar-refractivity contribution in [3.05, 3.63) is 23.3 Å². The van der Waals surface area contributed by atoms with Crippen molar-refractivity contribution in [1.29, 1.82) is 0 Å². The number of hydrogen-bond donors (Lipinski definition) is 2. The second-order valence-corrected chi connectivity index (χ2v) is 9.43. The summed E-state index contributed by atoms with van der Waals surface area (Å²) >= 11 is 0. The summed E-state index contributed by atoms with van der Waals surface area (Å²) in [6.07, 6.45) is 4.99. The lowest BCUT2D eigenvalue weighted by molar-refractivity contribution is -0.160. The maximum Gasteiger partial charge on any atom is 0.204 e. The Morgan fingerprint density at radius 3 is 2.33 bits per heavy atom. The predicted octanol–water partition coefficient (Wildman–Crippen LogP) is 2.20. The molecule has 0 aromatic rings. The fourth-order valence-corrected chi connectivity index (χ4v) is 6.25. The fraction of sp³-hybridized carbons (Fsp3) is 0.700. The van der Waals surface area contributed by atoms with Gasteiger partial charge in [-0.15, -0.1) is 0 Å². The van der Waals surface area contributed by atoms with Gasteiger partial charge >= 0.3 is 0 Å². The molecule has 0 radical (unpaired) electrons. The highest BCUT2D eigenvalue weighted by atomic mass is 16.3. The smallest absolute Gasteiger partial charge is 0.204 e. The van der Waals surface area contributed by atoms with Gasteiger partial charge < -0.3 is 10.2 Å². The van der Waals surface area contributed by atoms with E-state index < -0.39 is 22.4 Å². The molecule has 4 aliphatic carbocycles. The van der Waals surface area contributed by atoms with E-state index in [0.29, 0.717) is 11.5 Å². The lowest BCUT2D eigenvalue weighted by Gasteiger charge is -2.45. The van der Waals surface area contributed by atoms with Gasteiger partial charge in [0.1, 0.15) is 5.60 Å². The Labute approximate surface area is 142 Å². The minimum Gasteiger partial charge on any atom is -0.382 e. The molecule has 2 N–H and O–H groups in total. The van der Waals surface area contributed by atoms with Gasteiger partial charge in [0.15, 0.2) is 11.4 Å². The van der Waals surface area contributed by atoms with Crippen LogP contribution in [0.2, 0.25) is 0 Å². The molecular formula is C20H26O4. The second-order valence-electron chi connectivity index (χ2n) is 9.43. The molecule has 0 saturated heterocycles. The molecule has 0 bridgehead atoms. The monoisotopic (exact) mass is 330 g/mol. The van der Waals surface area contributed by atoms with Crippen molar-refractivity contribution in [2.24, 2.45) is 28.6 Å².